The first kappa shape index (κ1) is 18.1. The van der Waals surface area contributed by atoms with Gasteiger partial charge in [-0.25, -0.2) is 0 Å². The normalized spacial score (nSPS) is 16.9. The number of nitrogens with zero attached hydrogens (tertiary/aromatic N) is 1. The number of nitrogens with one attached hydrogen (secondary N) is 1. The number of methoxy groups -OCH3 is 2. The van der Waals surface area contributed by atoms with E-state index in [4.69, 9.17) is 21.1 Å². The van der Waals surface area contributed by atoms with E-state index >= 15 is 0 Å². The Kier molecular flexibility index (Phi) is 6.19. The van der Waals surface area contributed by atoms with Crippen molar-refractivity contribution in [2.45, 2.75) is 12.5 Å². The van der Waals surface area contributed by atoms with E-state index in [9.17, 15) is 0 Å². The van der Waals surface area contributed by atoms with Crippen LogP contribution in [0.3, 0.4) is 0 Å². The first-order valence-electron chi connectivity index (χ1n) is 8.65. The largest absolute Gasteiger partial charge is 0.497 e. The average molecular weight is 361 g/mol. The molecule has 0 amide bonds. The number of benzene rings is 2. The zero-order chi connectivity index (χ0) is 17.6. The second-order valence-corrected chi connectivity index (χ2v) is 6.58. The van der Waals surface area contributed by atoms with E-state index in [1.807, 2.05) is 30.3 Å². The molecule has 1 aliphatic heterocycles. The molecule has 1 aliphatic rings. The van der Waals surface area contributed by atoms with E-state index in [0.717, 1.165) is 60.2 Å². The standard InChI is InChI=1S/C20H25ClN2O2/c1-24-15-8-9-17(19(14-15)25-2)20(16-6-3-4-7-18(16)21)23-12-5-10-22-11-13-23/h3-4,6-9,14,20,22H,5,10-13H2,1-2H3. The molecule has 2 aromatic rings. The first-order valence-corrected chi connectivity index (χ1v) is 9.03. The number of hydrogen-bond donors (Lipinski definition) is 1. The third-order valence-corrected chi connectivity index (χ3v) is 5.02. The molecule has 0 saturated carbocycles. The minimum absolute atomic E-state index is 0.0504. The van der Waals surface area contributed by atoms with Gasteiger partial charge in [0.1, 0.15) is 11.5 Å². The number of halogens is 1. The maximum Gasteiger partial charge on any atom is 0.127 e. The molecule has 0 bridgehead atoms. The Bertz CT molecular complexity index is 700. The first-order chi connectivity index (χ1) is 12.2. The van der Waals surface area contributed by atoms with Crippen molar-refractivity contribution in [3.63, 3.8) is 0 Å². The maximum atomic E-state index is 6.58. The summed E-state index contributed by atoms with van der Waals surface area (Å²) in [6.45, 7) is 3.99. The Morgan fingerprint density at radius 3 is 2.60 bits per heavy atom. The predicted molar refractivity (Wildman–Crippen MR) is 102 cm³/mol. The third-order valence-electron chi connectivity index (χ3n) is 4.67. The van der Waals surface area contributed by atoms with Gasteiger partial charge in [-0.15, -0.1) is 0 Å². The molecule has 0 radical (unpaired) electrons. The van der Waals surface area contributed by atoms with Crippen LogP contribution in [0, 0.1) is 0 Å². The van der Waals surface area contributed by atoms with Crippen LogP contribution in [0.4, 0.5) is 0 Å². The van der Waals surface area contributed by atoms with Crippen LogP contribution in [0.5, 0.6) is 11.5 Å². The zero-order valence-electron chi connectivity index (χ0n) is 14.8. The molecule has 1 atom stereocenters. The molecule has 0 aromatic heterocycles. The average Bonchev–Trinajstić information content (AvgIpc) is 2.93. The Balaban J connectivity index is 2.09. The van der Waals surface area contributed by atoms with E-state index in [-0.39, 0.29) is 6.04 Å². The summed E-state index contributed by atoms with van der Waals surface area (Å²) in [5.41, 5.74) is 2.22. The molecule has 0 aliphatic carbocycles. The molecule has 1 N–H and O–H groups in total. The monoisotopic (exact) mass is 360 g/mol. The number of hydrogen-bond acceptors (Lipinski definition) is 4. The van der Waals surface area contributed by atoms with Crippen molar-refractivity contribution >= 4 is 11.6 Å². The predicted octanol–water partition coefficient (Wildman–Crippen LogP) is 3.74. The van der Waals surface area contributed by atoms with E-state index in [1.165, 1.54) is 0 Å². The van der Waals surface area contributed by atoms with E-state index in [0.29, 0.717) is 0 Å². The van der Waals surface area contributed by atoms with Gasteiger partial charge in [0.05, 0.1) is 20.3 Å². The summed E-state index contributed by atoms with van der Waals surface area (Å²) < 4.78 is 11.0. The number of ether oxygens (including phenoxy) is 2. The fraction of sp³-hybridized carbons (Fsp3) is 0.400. The zero-order valence-corrected chi connectivity index (χ0v) is 15.6. The van der Waals surface area contributed by atoms with Gasteiger partial charge in [-0.1, -0.05) is 29.8 Å². The Hall–Kier alpha value is -1.75. The molecule has 0 spiro atoms. The number of rotatable bonds is 5. The van der Waals surface area contributed by atoms with Crippen LogP contribution >= 0.6 is 11.6 Å². The summed E-state index contributed by atoms with van der Waals surface area (Å²) in [4.78, 5) is 2.48. The minimum Gasteiger partial charge on any atom is -0.497 e. The van der Waals surface area contributed by atoms with Gasteiger partial charge in [0.25, 0.3) is 0 Å². The topological polar surface area (TPSA) is 33.7 Å². The van der Waals surface area contributed by atoms with Crippen molar-refractivity contribution in [2.75, 3.05) is 40.4 Å². The van der Waals surface area contributed by atoms with Crippen LogP contribution < -0.4 is 14.8 Å². The lowest BCUT2D eigenvalue weighted by atomic mass is 9.95. The van der Waals surface area contributed by atoms with E-state index < -0.39 is 0 Å². The van der Waals surface area contributed by atoms with Crippen molar-refractivity contribution in [1.29, 1.82) is 0 Å². The van der Waals surface area contributed by atoms with Gasteiger partial charge >= 0.3 is 0 Å². The second-order valence-electron chi connectivity index (χ2n) is 6.17. The fourth-order valence-corrected chi connectivity index (χ4v) is 3.67. The lowest BCUT2D eigenvalue weighted by molar-refractivity contribution is 0.236. The van der Waals surface area contributed by atoms with Crippen LogP contribution in [0.2, 0.25) is 5.02 Å². The highest BCUT2D eigenvalue weighted by molar-refractivity contribution is 6.31. The molecular formula is C20H25ClN2O2. The van der Waals surface area contributed by atoms with Crippen LogP contribution in [0.25, 0.3) is 0 Å². The lowest BCUT2D eigenvalue weighted by Gasteiger charge is -2.32. The molecule has 4 nitrogen and oxygen atoms in total. The van der Waals surface area contributed by atoms with E-state index in [2.05, 4.69) is 22.3 Å². The summed E-state index contributed by atoms with van der Waals surface area (Å²) in [5, 5.41) is 4.25. The molecule has 5 heteroatoms. The van der Waals surface area contributed by atoms with Crippen molar-refractivity contribution in [3.8, 4) is 11.5 Å². The van der Waals surface area contributed by atoms with Crippen molar-refractivity contribution < 1.29 is 9.47 Å². The molecule has 1 saturated heterocycles. The van der Waals surface area contributed by atoms with E-state index in [1.54, 1.807) is 14.2 Å². The highest BCUT2D eigenvalue weighted by Gasteiger charge is 2.27. The molecule has 3 rings (SSSR count). The molecule has 1 heterocycles. The van der Waals surface area contributed by atoms with Crippen molar-refractivity contribution in [3.05, 3.63) is 58.6 Å². The maximum absolute atomic E-state index is 6.58. The van der Waals surface area contributed by atoms with Gasteiger partial charge < -0.3 is 14.8 Å². The van der Waals surface area contributed by atoms with Crippen LogP contribution in [0.1, 0.15) is 23.6 Å². The second kappa shape index (κ2) is 8.56. The highest BCUT2D eigenvalue weighted by atomic mass is 35.5. The van der Waals surface area contributed by atoms with Crippen molar-refractivity contribution in [2.24, 2.45) is 0 Å². The molecule has 25 heavy (non-hydrogen) atoms. The van der Waals surface area contributed by atoms with Gasteiger partial charge in [-0.05, 0) is 36.7 Å². The minimum atomic E-state index is 0.0504. The van der Waals surface area contributed by atoms with Gasteiger partial charge in [0.15, 0.2) is 0 Å². The van der Waals surface area contributed by atoms with Crippen LogP contribution in [-0.4, -0.2) is 45.3 Å². The molecule has 2 aromatic carbocycles. The summed E-state index contributed by atoms with van der Waals surface area (Å²) in [7, 11) is 3.37. The Labute approximate surface area is 154 Å². The molecule has 1 unspecified atom stereocenters. The highest BCUT2D eigenvalue weighted by Crippen LogP contribution is 2.39. The third kappa shape index (κ3) is 4.09. The lowest BCUT2D eigenvalue weighted by Crippen LogP contribution is -2.33. The van der Waals surface area contributed by atoms with Gasteiger partial charge in [0, 0.05) is 36.3 Å². The summed E-state index contributed by atoms with van der Waals surface area (Å²) >= 11 is 6.58. The Morgan fingerprint density at radius 2 is 1.84 bits per heavy atom. The smallest absolute Gasteiger partial charge is 0.127 e. The van der Waals surface area contributed by atoms with Gasteiger partial charge in [-0.3, -0.25) is 4.90 Å². The fourth-order valence-electron chi connectivity index (χ4n) is 3.43. The van der Waals surface area contributed by atoms with Crippen LogP contribution in [-0.2, 0) is 0 Å². The van der Waals surface area contributed by atoms with Gasteiger partial charge in [0.2, 0.25) is 0 Å². The van der Waals surface area contributed by atoms with Crippen molar-refractivity contribution in [1.82, 2.24) is 10.2 Å². The van der Waals surface area contributed by atoms with Gasteiger partial charge in [-0.2, -0.15) is 0 Å². The quantitative estimate of drug-likeness (QED) is 0.880. The summed E-state index contributed by atoms with van der Waals surface area (Å²) in [6, 6.07) is 14.1. The Morgan fingerprint density at radius 1 is 1.00 bits per heavy atom. The molecular weight excluding hydrogens is 336 g/mol. The molecule has 134 valence electrons. The summed E-state index contributed by atoms with van der Waals surface area (Å²) in [5.74, 6) is 1.61. The molecule has 1 fully saturated rings. The SMILES string of the molecule is COc1ccc(C(c2ccccc2Cl)N2CCCNCC2)c(OC)c1. The summed E-state index contributed by atoms with van der Waals surface area (Å²) in [6.07, 6.45) is 1.11. The van der Waals surface area contributed by atoms with Crippen LogP contribution in [0.15, 0.2) is 42.5 Å².